The van der Waals surface area contributed by atoms with Gasteiger partial charge in [-0.25, -0.2) is 0 Å². The molecule has 1 aromatic heterocycles. The molecule has 26 heavy (non-hydrogen) atoms. The highest BCUT2D eigenvalue weighted by molar-refractivity contribution is 6.04. The number of anilines is 1. The molecule has 0 radical (unpaired) electrons. The van der Waals surface area contributed by atoms with Crippen LogP contribution in [0.4, 0.5) is 5.69 Å². The predicted octanol–water partition coefficient (Wildman–Crippen LogP) is 2.63. The zero-order chi connectivity index (χ0) is 18.5. The number of carbonyl (C=O) groups is 2. The van der Waals surface area contributed by atoms with Crippen molar-refractivity contribution in [3.8, 4) is 11.5 Å². The third-order valence-corrected chi connectivity index (χ3v) is 4.04. The van der Waals surface area contributed by atoms with Crippen LogP contribution in [0.15, 0.2) is 36.5 Å². The number of nitrogens with zero attached hydrogens (tertiary/aromatic N) is 1. The van der Waals surface area contributed by atoms with E-state index in [9.17, 15) is 9.59 Å². The first-order valence-electron chi connectivity index (χ1n) is 8.54. The molecule has 2 aromatic rings. The van der Waals surface area contributed by atoms with Crippen molar-refractivity contribution in [3.05, 3.63) is 47.8 Å². The summed E-state index contributed by atoms with van der Waals surface area (Å²) in [7, 11) is 0. The number of fused-ring (bicyclic) bond motifs is 1. The van der Waals surface area contributed by atoms with Crippen molar-refractivity contribution >= 4 is 17.5 Å². The van der Waals surface area contributed by atoms with Crippen molar-refractivity contribution in [3.63, 3.8) is 0 Å². The highest BCUT2D eigenvalue weighted by Gasteiger charge is 2.16. The molecule has 136 valence electrons. The normalized spacial score (nSPS) is 13.6. The topological polar surface area (TPSA) is 89.6 Å². The van der Waals surface area contributed by atoms with Gasteiger partial charge in [0.15, 0.2) is 11.5 Å². The lowest BCUT2D eigenvalue weighted by Crippen LogP contribution is -2.32. The maximum atomic E-state index is 12.5. The van der Waals surface area contributed by atoms with Crippen molar-refractivity contribution in [2.75, 3.05) is 18.5 Å². The van der Waals surface area contributed by atoms with Crippen LogP contribution in [0.25, 0.3) is 0 Å². The molecule has 0 aliphatic carbocycles. The van der Waals surface area contributed by atoms with Crippen LogP contribution in [0.2, 0.25) is 0 Å². The van der Waals surface area contributed by atoms with Crippen molar-refractivity contribution < 1.29 is 19.1 Å². The summed E-state index contributed by atoms with van der Waals surface area (Å²) in [4.78, 5) is 28.7. The fourth-order valence-corrected chi connectivity index (χ4v) is 2.42. The van der Waals surface area contributed by atoms with Crippen LogP contribution < -0.4 is 20.1 Å². The minimum absolute atomic E-state index is 0.0608. The van der Waals surface area contributed by atoms with E-state index in [0.29, 0.717) is 36.0 Å². The molecule has 1 aliphatic rings. The lowest BCUT2D eigenvalue weighted by Gasteiger charge is -2.19. The first-order valence-corrected chi connectivity index (χ1v) is 8.54. The Kier molecular flexibility index (Phi) is 5.36. The summed E-state index contributed by atoms with van der Waals surface area (Å²) >= 11 is 0. The second-order valence-corrected chi connectivity index (χ2v) is 6.03. The van der Waals surface area contributed by atoms with Crippen LogP contribution in [0.1, 0.15) is 41.1 Å². The van der Waals surface area contributed by atoms with Crippen molar-refractivity contribution in [2.45, 2.75) is 26.3 Å². The standard InChI is InChI=1S/C19H21N3O4/c1-3-12(2)21-18(23)13-6-7-20-15(10-13)19(24)22-14-4-5-16-17(11-14)26-9-8-25-16/h4-7,10-12H,3,8-9H2,1-2H3,(H,21,23)(H,22,24). The first-order chi connectivity index (χ1) is 12.6. The average molecular weight is 355 g/mol. The number of ether oxygens (including phenoxy) is 2. The summed E-state index contributed by atoms with van der Waals surface area (Å²) in [6, 6.07) is 8.29. The molecule has 2 amide bonds. The molecule has 3 rings (SSSR count). The van der Waals surface area contributed by atoms with E-state index in [1.807, 2.05) is 13.8 Å². The second-order valence-electron chi connectivity index (χ2n) is 6.03. The largest absolute Gasteiger partial charge is 0.486 e. The van der Waals surface area contributed by atoms with Crippen LogP contribution in [0.5, 0.6) is 11.5 Å². The van der Waals surface area contributed by atoms with E-state index in [1.165, 1.54) is 12.3 Å². The van der Waals surface area contributed by atoms with E-state index in [0.717, 1.165) is 6.42 Å². The van der Waals surface area contributed by atoms with Gasteiger partial charge in [0, 0.05) is 29.6 Å². The monoisotopic (exact) mass is 355 g/mol. The summed E-state index contributed by atoms with van der Waals surface area (Å²) in [5.41, 5.74) is 1.12. The smallest absolute Gasteiger partial charge is 0.274 e. The molecule has 7 nitrogen and oxygen atoms in total. The molecule has 1 atom stereocenters. The average Bonchev–Trinajstić information content (AvgIpc) is 2.67. The molecule has 7 heteroatoms. The van der Waals surface area contributed by atoms with Crippen LogP contribution in [-0.4, -0.2) is 36.1 Å². The van der Waals surface area contributed by atoms with Crippen molar-refractivity contribution in [1.29, 1.82) is 0 Å². The van der Waals surface area contributed by atoms with E-state index < -0.39 is 5.91 Å². The number of amides is 2. The summed E-state index contributed by atoms with van der Waals surface area (Å²) < 4.78 is 11.0. The Morgan fingerprint density at radius 2 is 1.88 bits per heavy atom. The molecule has 2 N–H and O–H groups in total. The Labute approximate surface area is 151 Å². The lowest BCUT2D eigenvalue weighted by molar-refractivity contribution is 0.0939. The lowest BCUT2D eigenvalue weighted by atomic mass is 10.1. The number of rotatable bonds is 5. The minimum atomic E-state index is -0.403. The fourth-order valence-electron chi connectivity index (χ4n) is 2.42. The van der Waals surface area contributed by atoms with Gasteiger partial charge < -0.3 is 20.1 Å². The first kappa shape index (κ1) is 17.7. The predicted molar refractivity (Wildman–Crippen MR) is 96.8 cm³/mol. The molecule has 1 aliphatic heterocycles. The number of hydrogen-bond donors (Lipinski definition) is 2. The summed E-state index contributed by atoms with van der Waals surface area (Å²) in [6.07, 6.45) is 2.28. The van der Waals surface area contributed by atoms with Gasteiger partial charge in [-0.05, 0) is 37.6 Å². The molecular weight excluding hydrogens is 334 g/mol. The zero-order valence-corrected chi connectivity index (χ0v) is 14.7. The Hall–Kier alpha value is -3.09. The van der Waals surface area contributed by atoms with Gasteiger partial charge in [-0.2, -0.15) is 0 Å². The maximum absolute atomic E-state index is 12.5. The summed E-state index contributed by atoms with van der Waals surface area (Å²) in [6.45, 7) is 4.89. The van der Waals surface area contributed by atoms with Gasteiger partial charge in [0.2, 0.25) is 0 Å². The molecule has 2 heterocycles. The highest BCUT2D eigenvalue weighted by atomic mass is 16.6. The van der Waals surface area contributed by atoms with Gasteiger partial charge >= 0.3 is 0 Å². The Morgan fingerprint density at radius 1 is 1.12 bits per heavy atom. The molecule has 0 saturated heterocycles. The van der Waals surface area contributed by atoms with E-state index in [-0.39, 0.29) is 17.6 Å². The van der Waals surface area contributed by atoms with E-state index >= 15 is 0 Å². The van der Waals surface area contributed by atoms with Crippen molar-refractivity contribution in [2.24, 2.45) is 0 Å². The van der Waals surface area contributed by atoms with E-state index in [1.54, 1.807) is 24.3 Å². The van der Waals surface area contributed by atoms with Gasteiger partial charge in [0.25, 0.3) is 11.8 Å². The maximum Gasteiger partial charge on any atom is 0.274 e. The van der Waals surface area contributed by atoms with Gasteiger partial charge in [-0.3, -0.25) is 14.6 Å². The molecule has 0 bridgehead atoms. The summed E-state index contributed by atoms with van der Waals surface area (Å²) in [5, 5.41) is 5.62. The third kappa shape index (κ3) is 4.11. The molecule has 0 spiro atoms. The van der Waals surface area contributed by atoms with Crippen LogP contribution in [-0.2, 0) is 0 Å². The number of hydrogen-bond acceptors (Lipinski definition) is 5. The fraction of sp³-hybridized carbons (Fsp3) is 0.316. The van der Waals surface area contributed by atoms with E-state index in [4.69, 9.17) is 9.47 Å². The quantitative estimate of drug-likeness (QED) is 0.861. The van der Waals surface area contributed by atoms with Gasteiger partial charge in [-0.15, -0.1) is 0 Å². The Bertz CT molecular complexity index is 822. The van der Waals surface area contributed by atoms with Crippen molar-refractivity contribution in [1.82, 2.24) is 10.3 Å². The summed E-state index contributed by atoms with van der Waals surface area (Å²) in [5.74, 6) is 0.606. The van der Waals surface area contributed by atoms with E-state index in [2.05, 4.69) is 15.6 Å². The molecular formula is C19H21N3O4. The zero-order valence-electron chi connectivity index (χ0n) is 14.7. The molecule has 0 fully saturated rings. The highest BCUT2D eigenvalue weighted by Crippen LogP contribution is 2.32. The number of nitrogens with one attached hydrogen (secondary N) is 2. The van der Waals surface area contributed by atoms with Gasteiger partial charge in [-0.1, -0.05) is 6.92 Å². The van der Waals surface area contributed by atoms with Crippen LogP contribution in [0, 0.1) is 0 Å². The van der Waals surface area contributed by atoms with Gasteiger partial charge in [0.05, 0.1) is 0 Å². The third-order valence-electron chi connectivity index (χ3n) is 4.04. The minimum Gasteiger partial charge on any atom is -0.486 e. The molecule has 1 unspecified atom stereocenters. The SMILES string of the molecule is CCC(C)NC(=O)c1ccnc(C(=O)Nc2ccc3c(c2)OCCO3)c1. The Morgan fingerprint density at radius 3 is 2.65 bits per heavy atom. The van der Waals surface area contributed by atoms with Crippen LogP contribution >= 0.6 is 0 Å². The van der Waals surface area contributed by atoms with Gasteiger partial charge in [0.1, 0.15) is 18.9 Å². The molecule has 1 aromatic carbocycles. The second kappa shape index (κ2) is 7.86. The number of aromatic nitrogens is 1. The molecule has 0 saturated carbocycles. The number of carbonyl (C=O) groups excluding carboxylic acids is 2. The number of pyridine rings is 1. The number of benzene rings is 1. The Balaban J connectivity index is 1.72. The van der Waals surface area contributed by atoms with Crippen LogP contribution in [0.3, 0.4) is 0 Å².